The van der Waals surface area contributed by atoms with Crippen molar-refractivity contribution in [2.75, 3.05) is 25.0 Å². The van der Waals surface area contributed by atoms with Gasteiger partial charge in [0.25, 0.3) is 11.8 Å². The van der Waals surface area contributed by atoms with Gasteiger partial charge in [-0.25, -0.2) is 4.98 Å². The second kappa shape index (κ2) is 8.26. The molecule has 150 valence electrons. The summed E-state index contributed by atoms with van der Waals surface area (Å²) in [4.78, 5) is 31.5. The number of rotatable bonds is 6. The van der Waals surface area contributed by atoms with Crippen molar-refractivity contribution in [3.05, 3.63) is 41.7 Å². The van der Waals surface area contributed by atoms with E-state index < -0.39 is 5.91 Å². The molecule has 0 saturated carbocycles. The topological polar surface area (TPSA) is 113 Å². The van der Waals surface area contributed by atoms with Crippen molar-refractivity contribution in [1.29, 1.82) is 0 Å². The number of carbonyl (C=O) groups excluding carboxylic acids is 2. The van der Waals surface area contributed by atoms with Gasteiger partial charge >= 0.3 is 0 Å². The van der Waals surface area contributed by atoms with Crippen LogP contribution in [0.3, 0.4) is 0 Å². The fourth-order valence-corrected chi connectivity index (χ4v) is 3.30. The van der Waals surface area contributed by atoms with E-state index in [0.717, 1.165) is 30.0 Å². The maximum atomic E-state index is 12.8. The SMILES string of the molecule is CCCOc1nc(C(=O)Nc2n[nH]nc2C(=O)N2CCCC2)cc2ccccc12. The first kappa shape index (κ1) is 18.9. The number of aromatic amines is 1. The van der Waals surface area contributed by atoms with Crippen molar-refractivity contribution < 1.29 is 14.3 Å². The number of amides is 2. The van der Waals surface area contributed by atoms with Crippen LogP contribution in [-0.2, 0) is 0 Å². The Labute approximate surface area is 167 Å². The molecule has 2 amide bonds. The zero-order valence-electron chi connectivity index (χ0n) is 16.1. The Hall–Kier alpha value is -3.49. The van der Waals surface area contributed by atoms with Gasteiger partial charge in [-0.2, -0.15) is 5.21 Å². The Morgan fingerprint density at radius 2 is 2.00 bits per heavy atom. The summed E-state index contributed by atoms with van der Waals surface area (Å²) in [5, 5.41) is 14.6. The third-order valence-electron chi connectivity index (χ3n) is 4.76. The first-order valence-electron chi connectivity index (χ1n) is 9.71. The number of nitrogens with zero attached hydrogens (tertiary/aromatic N) is 4. The number of likely N-dealkylation sites (tertiary alicyclic amines) is 1. The number of hydrogen-bond acceptors (Lipinski definition) is 6. The van der Waals surface area contributed by atoms with E-state index in [9.17, 15) is 9.59 Å². The van der Waals surface area contributed by atoms with Crippen molar-refractivity contribution in [2.45, 2.75) is 26.2 Å². The summed E-state index contributed by atoms with van der Waals surface area (Å²) in [6.07, 6.45) is 2.76. The maximum Gasteiger partial charge on any atom is 0.278 e. The number of benzene rings is 1. The van der Waals surface area contributed by atoms with E-state index in [1.54, 1.807) is 11.0 Å². The van der Waals surface area contributed by atoms with E-state index in [0.29, 0.717) is 25.6 Å². The van der Waals surface area contributed by atoms with Crippen LogP contribution in [0.2, 0.25) is 0 Å². The van der Waals surface area contributed by atoms with Crippen LogP contribution >= 0.6 is 0 Å². The van der Waals surface area contributed by atoms with Crippen LogP contribution in [0.15, 0.2) is 30.3 Å². The lowest BCUT2D eigenvalue weighted by Crippen LogP contribution is -2.29. The summed E-state index contributed by atoms with van der Waals surface area (Å²) >= 11 is 0. The summed E-state index contributed by atoms with van der Waals surface area (Å²) < 4.78 is 5.74. The number of hydrogen-bond donors (Lipinski definition) is 2. The number of pyridine rings is 1. The second-order valence-corrected chi connectivity index (χ2v) is 6.86. The Bertz CT molecular complexity index is 1040. The van der Waals surface area contributed by atoms with Gasteiger partial charge in [0.15, 0.2) is 11.5 Å². The highest BCUT2D eigenvalue weighted by molar-refractivity contribution is 6.08. The molecule has 1 aromatic carbocycles. The largest absolute Gasteiger partial charge is 0.477 e. The standard InChI is InChI=1S/C20H22N6O3/c1-2-11-29-19-14-8-4-3-7-13(14)12-15(21-19)18(27)22-17-16(23-25-24-17)20(28)26-9-5-6-10-26/h3-4,7-8,12H,2,5-6,9-11H2,1H3,(H2,22,23,24,25,27). The average molecular weight is 394 g/mol. The molecule has 1 aliphatic heterocycles. The molecule has 0 aliphatic carbocycles. The smallest absolute Gasteiger partial charge is 0.278 e. The maximum absolute atomic E-state index is 12.8. The summed E-state index contributed by atoms with van der Waals surface area (Å²) in [5.74, 6) is -0.229. The van der Waals surface area contributed by atoms with E-state index in [-0.39, 0.29) is 23.1 Å². The molecule has 29 heavy (non-hydrogen) atoms. The fourth-order valence-electron chi connectivity index (χ4n) is 3.30. The molecule has 0 unspecified atom stereocenters. The van der Waals surface area contributed by atoms with Gasteiger partial charge in [0.1, 0.15) is 5.69 Å². The molecule has 4 rings (SSSR count). The third kappa shape index (κ3) is 3.89. The number of H-pyrrole nitrogens is 1. The molecule has 9 heteroatoms. The Morgan fingerprint density at radius 3 is 2.79 bits per heavy atom. The molecule has 0 radical (unpaired) electrons. The summed E-state index contributed by atoms with van der Waals surface area (Å²) in [6, 6.07) is 9.27. The van der Waals surface area contributed by atoms with E-state index in [1.165, 1.54) is 0 Å². The molecule has 1 saturated heterocycles. The van der Waals surface area contributed by atoms with Gasteiger partial charge in [0.05, 0.1) is 6.61 Å². The van der Waals surface area contributed by atoms with Gasteiger partial charge in [-0.1, -0.05) is 25.1 Å². The molecule has 3 aromatic rings. The van der Waals surface area contributed by atoms with E-state index in [1.807, 2.05) is 31.2 Å². The highest BCUT2D eigenvalue weighted by Crippen LogP contribution is 2.25. The quantitative estimate of drug-likeness (QED) is 0.664. The van der Waals surface area contributed by atoms with E-state index >= 15 is 0 Å². The number of carbonyl (C=O) groups is 2. The summed E-state index contributed by atoms with van der Waals surface area (Å²) in [5.41, 5.74) is 0.279. The molecule has 0 bridgehead atoms. The lowest BCUT2D eigenvalue weighted by atomic mass is 10.1. The molecular weight excluding hydrogens is 372 g/mol. The monoisotopic (exact) mass is 394 g/mol. The molecule has 0 spiro atoms. The van der Waals surface area contributed by atoms with Crippen LogP contribution in [-0.4, -0.2) is 56.8 Å². The van der Waals surface area contributed by atoms with E-state index in [2.05, 4.69) is 25.7 Å². The summed E-state index contributed by atoms with van der Waals surface area (Å²) in [6.45, 7) is 3.87. The normalized spacial score (nSPS) is 13.6. The predicted octanol–water partition coefficient (Wildman–Crippen LogP) is 2.63. The van der Waals surface area contributed by atoms with Crippen molar-refractivity contribution in [3.63, 3.8) is 0 Å². The van der Waals surface area contributed by atoms with E-state index in [4.69, 9.17) is 4.74 Å². The number of nitrogens with one attached hydrogen (secondary N) is 2. The molecule has 2 N–H and O–H groups in total. The minimum atomic E-state index is -0.485. The van der Waals surface area contributed by atoms with Gasteiger partial charge in [-0.05, 0) is 36.8 Å². The number of ether oxygens (including phenoxy) is 1. The molecule has 2 aromatic heterocycles. The number of aromatic nitrogens is 4. The first-order valence-corrected chi connectivity index (χ1v) is 9.71. The third-order valence-corrected chi connectivity index (χ3v) is 4.76. The molecule has 1 aliphatic rings. The molecular formula is C20H22N6O3. The molecule has 1 fully saturated rings. The zero-order valence-corrected chi connectivity index (χ0v) is 16.1. The van der Waals surface area contributed by atoms with Crippen molar-refractivity contribution in [2.24, 2.45) is 0 Å². The second-order valence-electron chi connectivity index (χ2n) is 6.86. The first-order chi connectivity index (χ1) is 14.2. The zero-order chi connectivity index (χ0) is 20.2. The minimum absolute atomic E-state index is 0.0953. The van der Waals surface area contributed by atoms with Crippen LogP contribution < -0.4 is 10.1 Å². The van der Waals surface area contributed by atoms with Crippen molar-refractivity contribution in [3.8, 4) is 5.88 Å². The van der Waals surface area contributed by atoms with Crippen LogP contribution in [0.25, 0.3) is 10.8 Å². The Kier molecular flexibility index (Phi) is 5.37. The highest BCUT2D eigenvalue weighted by Gasteiger charge is 2.26. The van der Waals surface area contributed by atoms with Gasteiger partial charge < -0.3 is 15.0 Å². The summed E-state index contributed by atoms with van der Waals surface area (Å²) in [7, 11) is 0. The van der Waals surface area contributed by atoms with Gasteiger partial charge in [-0.3, -0.25) is 9.59 Å². The number of anilines is 1. The van der Waals surface area contributed by atoms with Gasteiger partial charge in [-0.15, -0.1) is 10.2 Å². The van der Waals surface area contributed by atoms with Crippen molar-refractivity contribution >= 4 is 28.4 Å². The fraction of sp³-hybridized carbons (Fsp3) is 0.350. The predicted molar refractivity (Wildman–Crippen MR) is 107 cm³/mol. The Balaban J connectivity index is 1.60. The lowest BCUT2D eigenvalue weighted by molar-refractivity contribution is 0.0788. The van der Waals surface area contributed by atoms with Crippen LogP contribution in [0.5, 0.6) is 5.88 Å². The molecule has 0 atom stereocenters. The lowest BCUT2D eigenvalue weighted by Gasteiger charge is -2.14. The molecule has 9 nitrogen and oxygen atoms in total. The number of fused-ring (bicyclic) bond motifs is 1. The van der Waals surface area contributed by atoms with Gasteiger partial charge in [0.2, 0.25) is 5.88 Å². The molecule has 3 heterocycles. The minimum Gasteiger partial charge on any atom is -0.477 e. The Morgan fingerprint density at radius 1 is 1.21 bits per heavy atom. The van der Waals surface area contributed by atoms with Gasteiger partial charge in [0, 0.05) is 18.5 Å². The van der Waals surface area contributed by atoms with Crippen LogP contribution in [0.4, 0.5) is 5.82 Å². The highest BCUT2D eigenvalue weighted by atomic mass is 16.5. The van der Waals surface area contributed by atoms with Crippen molar-refractivity contribution in [1.82, 2.24) is 25.3 Å². The van der Waals surface area contributed by atoms with Crippen LogP contribution in [0, 0.1) is 0 Å². The van der Waals surface area contributed by atoms with Crippen LogP contribution in [0.1, 0.15) is 47.2 Å². The average Bonchev–Trinajstić information content (AvgIpc) is 3.43.